The molecule has 0 bridgehead atoms. The van der Waals surface area contributed by atoms with Crippen molar-refractivity contribution in [2.75, 3.05) is 25.3 Å². The first-order valence-corrected chi connectivity index (χ1v) is 6.90. The van der Waals surface area contributed by atoms with Gasteiger partial charge in [-0.1, -0.05) is 6.92 Å². The topological polar surface area (TPSA) is 73.6 Å². The number of carbonyl (C=O) groups is 1. The summed E-state index contributed by atoms with van der Waals surface area (Å²) >= 11 is 1.70. The summed E-state index contributed by atoms with van der Waals surface area (Å²) in [5.74, 6) is 0.959. The van der Waals surface area contributed by atoms with Gasteiger partial charge in [0, 0.05) is 23.5 Å². The highest BCUT2D eigenvalue weighted by molar-refractivity contribution is 7.99. The first-order valence-electron chi connectivity index (χ1n) is 5.62. The van der Waals surface area contributed by atoms with Gasteiger partial charge < -0.3 is 20.5 Å². The lowest BCUT2D eigenvalue weighted by atomic mass is 10.1. The average Bonchev–Trinajstić information content (AvgIpc) is 2.81. The minimum atomic E-state index is -0.188. The van der Waals surface area contributed by atoms with Gasteiger partial charge >= 0.3 is 0 Å². The van der Waals surface area contributed by atoms with Gasteiger partial charge in [-0.25, -0.2) is 0 Å². The molecule has 1 aliphatic heterocycles. The molecule has 0 aliphatic carbocycles. The number of amides is 1. The molecule has 18 heavy (non-hydrogen) atoms. The van der Waals surface area contributed by atoms with Crippen molar-refractivity contribution in [1.29, 1.82) is 0 Å². The zero-order chi connectivity index (χ0) is 13.1. The number of hydrogen-bond acceptors (Lipinski definition) is 5. The van der Waals surface area contributed by atoms with E-state index < -0.39 is 0 Å². The highest BCUT2D eigenvalue weighted by Crippen LogP contribution is 2.35. The number of nitrogens with one attached hydrogen (secondary N) is 1. The van der Waals surface area contributed by atoms with Crippen LogP contribution in [0.25, 0.3) is 0 Å². The quantitative estimate of drug-likeness (QED) is 0.809. The first-order chi connectivity index (χ1) is 8.61. The van der Waals surface area contributed by atoms with Crippen LogP contribution in [-0.2, 0) is 0 Å². The molecule has 1 unspecified atom stereocenters. The molecular formula is C12H16N2O3S. The SMILES string of the molecule is CSC(C)CNC(=O)c1cc2c(cc1N)OCO2. The van der Waals surface area contributed by atoms with Crippen LogP contribution in [0.5, 0.6) is 11.5 Å². The number of anilines is 1. The van der Waals surface area contributed by atoms with Crippen LogP contribution < -0.4 is 20.5 Å². The van der Waals surface area contributed by atoms with Crippen molar-refractivity contribution in [1.82, 2.24) is 5.32 Å². The number of fused-ring (bicyclic) bond motifs is 1. The number of benzene rings is 1. The lowest BCUT2D eigenvalue weighted by Crippen LogP contribution is -2.29. The molecule has 2 rings (SSSR count). The smallest absolute Gasteiger partial charge is 0.253 e. The fourth-order valence-corrected chi connectivity index (χ4v) is 1.82. The minimum absolute atomic E-state index is 0.170. The summed E-state index contributed by atoms with van der Waals surface area (Å²) in [7, 11) is 0. The third kappa shape index (κ3) is 2.64. The molecule has 1 atom stereocenters. The van der Waals surface area contributed by atoms with Crippen molar-refractivity contribution < 1.29 is 14.3 Å². The minimum Gasteiger partial charge on any atom is -0.454 e. The molecule has 6 heteroatoms. The van der Waals surface area contributed by atoms with Crippen LogP contribution in [0.4, 0.5) is 5.69 Å². The van der Waals surface area contributed by atoms with Crippen LogP contribution in [0.3, 0.4) is 0 Å². The summed E-state index contributed by atoms with van der Waals surface area (Å²) in [5, 5.41) is 3.21. The molecule has 5 nitrogen and oxygen atoms in total. The summed E-state index contributed by atoms with van der Waals surface area (Å²) in [6, 6.07) is 3.24. The molecule has 0 fully saturated rings. The fraction of sp³-hybridized carbons (Fsp3) is 0.417. The largest absolute Gasteiger partial charge is 0.454 e. The van der Waals surface area contributed by atoms with Gasteiger partial charge in [-0.3, -0.25) is 4.79 Å². The molecule has 1 aromatic carbocycles. The molecule has 0 aromatic heterocycles. The second-order valence-corrected chi connectivity index (χ2v) is 5.33. The van der Waals surface area contributed by atoms with E-state index in [1.54, 1.807) is 23.9 Å². The van der Waals surface area contributed by atoms with Gasteiger partial charge in [0.1, 0.15) is 0 Å². The van der Waals surface area contributed by atoms with Crippen molar-refractivity contribution in [2.45, 2.75) is 12.2 Å². The van der Waals surface area contributed by atoms with Crippen molar-refractivity contribution in [3.8, 4) is 11.5 Å². The van der Waals surface area contributed by atoms with Crippen LogP contribution in [0.2, 0.25) is 0 Å². The van der Waals surface area contributed by atoms with Gasteiger partial charge in [-0.15, -0.1) is 0 Å². The molecule has 0 radical (unpaired) electrons. The molecule has 0 saturated heterocycles. The van der Waals surface area contributed by atoms with Crippen molar-refractivity contribution in [2.24, 2.45) is 0 Å². The Kier molecular flexibility index (Phi) is 3.86. The summed E-state index contributed by atoms with van der Waals surface area (Å²) in [6.45, 7) is 2.82. The standard InChI is InChI=1S/C12H16N2O3S/c1-7(18-2)5-14-12(15)8-3-10-11(4-9(8)13)17-6-16-10/h3-4,7H,5-6,13H2,1-2H3,(H,14,15). The van der Waals surface area contributed by atoms with Crippen LogP contribution in [-0.4, -0.2) is 30.8 Å². The Morgan fingerprint density at radius 3 is 2.83 bits per heavy atom. The third-order valence-electron chi connectivity index (χ3n) is 2.74. The second kappa shape index (κ2) is 5.39. The van der Waals surface area contributed by atoms with Gasteiger partial charge in [-0.2, -0.15) is 11.8 Å². The second-order valence-electron chi connectivity index (χ2n) is 4.05. The zero-order valence-corrected chi connectivity index (χ0v) is 11.2. The molecule has 3 N–H and O–H groups in total. The summed E-state index contributed by atoms with van der Waals surface area (Å²) < 4.78 is 10.4. The molecule has 1 aliphatic rings. The van der Waals surface area contributed by atoms with E-state index in [0.717, 1.165) is 0 Å². The Hall–Kier alpha value is -1.56. The zero-order valence-electron chi connectivity index (χ0n) is 10.4. The number of carbonyl (C=O) groups excluding carboxylic acids is 1. The van der Waals surface area contributed by atoms with Crippen LogP contribution in [0, 0.1) is 0 Å². The Morgan fingerprint density at radius 2 is 2.17 bits per heavy atom. The summed E-state index contributed by atoms with van der Waals surface area (Å²) in [4.78, 5) is 12.0. The van der Waals surface area contributed by atoms with Crippen LogP contribution in [0.15, 0.2) is 12.1 Å². The van der Waals surface area contributed by atoms with Gasteiger partial charge in [0.05, 0.1) is 5.56 Å². The predicted octanol–water partition coefficient (Wildman–Crippen LogP) is 1.48. The number of hydrogen-bond donors (Lipinski definition) is 2. The Morgan fingerprint density at radius 1 is 1.50 bits per heavy atom. The number of rotatable bonds is 4. The van der Waals surface area contributed by atoms with Crippen LogP contribution >= 0.6 is 11.8 Å². The van der Waals surface area contributed by atoms with E-state index in [4.69, 9.17) is 15.2 Å². The van der Waals surface area contributed by atoms with Gasteiger partial charge in [0.2, 0.25) is 6.79 Å². The van der Waals surface area contributed by atoms with E-state index in [9.17, 15) is 4.79 Å². The maximum Gasteiger partial charge on any atom is 0.253 e. The molecule has 1 aromatic rings. The van der Waals surface area contributed by atoms with E-state index in [1.807, 2.05) is 13.2 Å². The third-order valence-corrected chi connectivity index (χ3v) is 3.71. The fourth-order valence-electron chi connectivity index (χ4n) is 1.57. The van der Waals surface area contributed by atoms with E-state index >= 15 is 0 Å². The Bertz CT molecular complexity index is 465. The number of ether oxygens (including phenoxy) is 2. The molecule has 0 spiro atoms. The number of nitrogen functional groups attached to an aromatic ring is 1. The lowest BCUT2D eigenvalue weighted by molar-refractivity contribution is 0.0954. The van der Waals surface area contributed by atoms with E-state index in [1.165, 1.54) is 0 Å². The maximum atomic E-state index is 12.0. The maximum absolute atomic E-state index is 12.0. The van der Waals surface area contributed by atoms with Crippen molar-refractivity contribution in [3.05, 3.63) is 17.7 Å². The summed E-state index contributed by atoms with van der Waals surface area (Å²) in [6.07, 6.45) is 2.01. The Labute approximate surface area is 110 Å². The molecule has 98 valence electrons. The molecular weight excluding hydrogens is 252 g/mol. The van der Waals surface area contributed by atoms with Crippen molar-refractivity contribution in [3.63, 3.8) is 0 Å². The van der Waals surface area contributed by atoms with E-state index in [2.05, 4.69) is 5.32 Å². The number of nitrogens with two attached hydrogens (primary N) is 1. The Balaban J connectivity index is 2.11. The van der Waals surface area contributed by atoms with Crippen molar-refractivity contribution >= 4 is 23.4 Å². The van der Waals surface area contributed by atoms with Gasteiger partial charge in [0.25, 0.3) is 5.91 Å². The lowest BCUT2D eigenvalue weighted by Gasteiger charge is -2.11. The molecule has 1 heterocycles. The highest BCUT2D eigenvalue weighted by atomic mass is 32.2. The number of thioether (sulfide) groups is 1. The van der Waals surface area contributed by atoms with E-state index in [-0.39, 0.29) is 12.7 Å². The van der Waals surface area contributed by atoms with Gasteiger partial charge in [-0.05, 0) is 12.3 Å². The normalized spacial score (nSPS) is 14.3. The molecule has 1 amide bonds. The van der Waals surface area contributed by atoms with E-state index in [0.29, 0.717) is 34.5 Å². The first kappa shape index (κ1) is 12.9. The molecule has 0 saturated carbocycles. The summed E-state index contributed by atoms with van der Waals surface area (Å²) in [5.41, 5.74) is 6.65. The highest BCUT2D eigenvalue weighted by Gasteiger charge is 2.19. The van der Waals surface area contributed by atoms with Crippen LogP contribution in [0.1, 0.15) is 17.3 Å². The average molecular weight is 268 g/mol. The predicted molar refractivity (Wildman–Crippen MR) is 72.3 cm³/mol. The monoisotopic (exact) mass is 268 g/mol. The van der Waals surface area contributed by atoms with Gasteiger partial charge in [0.15, 0.2) is 11.5 Å².